The highest BCUT2D eigenvalue weighted by Crippen LogP contribution is 2.19. The lowest BCUT2D eigenvalue weighted by molar-refractivity contribution is -0.133. The number of piperidine rings is 1. The first-order valence-electron chi connectivity index (χ1n) is 5.82. The highest BCUT2D eigenvalue weighted by molar-refractivity contribution is 5.77. The van der Waals surface area contributed by atoms with Crippen molar-refractivity contribution in [3.63, 3.8) is 0 Å². The van der Waals surface area contributed by atoms with Crippen molar-refractivity contribution in [2.75, 3.05) is 19.7 Å². The van der Waals surface area contributed by atoms with Crippen molar-refractivity contribution < 1.29 is 9.53 Å². The lowest BCUT2D eigenvalue weighted by atomic mass is 10.1. The third kappa shape index (κ3) is 2.81. The van der Waals surface area contributed by atoms with Gasteiger partial charge in [0.05, 0.1) is 12.5 Å². The molecule has 0 saturated carbocycles. The monoisotopic (exact) mass is 209 g/mol. The fraction of sp³-hybridized carbons (Fsp3) is 0.750. The second-order valence-corrected chi connectivity index (χ2v) is 4.51. The number of carbonyl (C=O) groups excluding carboxylic acids is 1. The molecule has 2 fully saturated rings. The van der Waals surface area contributed by atoms with E-state index < -0.39 is 0 Å². The number of carbonyl (C=O) groups is 1. The van der Waals surface area contributed by atoms with Gasteiger partial charge in [-0.1, -0.05) is 12.2 Å². The zero-order valence-electron chi connectivity index (χ0n) is 9.21. The number of hydrogen-bond donors (Lipinski definition) is 0. The van der Waals surface area contributed by atoms with Crippen LogP contribution in [-0.2, 0) is 9.53 Å². The summed E-state index contributed by atoms with van der Waals surface area (Å²) < 4.78 is 5.47. The lowest BCUT2D eigenvalue weighted by Gasteiger charge is -2.29. The molecule has 0 radical (unpaired) electrons. The molecule has 3 nitrogen and oxygen atoms in total. The van der Waals surface area contributed by atoms with Crippen molar-refractivity contribution in [1.82, 2.24) is 4.90 Å². The highest BCUT2D eigenvalue weighted by Gasteiger charge is 2.24. The van der Waals surface area contributed by atoms with E-state index in [0.29, 0.717) is 6.42 Å². The summed E-state index contributed by atoms with van der Waals surface area (Å²) in [6.45, 7) is 6.43. The number of hydrogen-bond acceptors (Lipinski definition) is 2. The van der Waals surface area contributed by atoms with Gasteiger partial charge in [0.15, 0.2) is 0 Å². The molecule has 0 aromatic rings. The van der Waals surface area contributed by atoms with Crippen LogP contribution in [0, 0.1) is 0 Å². The van der Waals surface area contributed by atoms with Crippen LogP contribution >= 0.6 is 0 Å². The van der Waals surface area contributed by atoms with Gasteiger partial charge in [-0.3, -0.25) is 4.79 Å². The van der Waals surface area contributed by atoms with Gasteiger partial charge in [-0.25, -0.2) is 0 Å². The summed E-state index contributed by atoms with van der Waals surface area (Å²) in [6.07, 6.45) is 5.02. The zero-order valence-corrected chi connectivity index (χ0v) is 9.21. The average molecular weight is 209 g/mol. The van der Waals surface area contributed by atoms with Crippen LogP contribution in [0.3, 0.4) is 0 Å². The SMILES string of the molecule is C=C1CCCN(C(=O)CC2CCCO2)C1. The minimum Gasteiger partial charge on any atom is -0.378 e. The van der Waals surface area contributed by atoms with Gasteiger partial charge in [0, 0.05) is 19.7 Å². The molecule has 3 heteroatoms. The van der Waals surface area contributed by atoms with E-state index >= 15 is 0 Å². The minimum absolute atomic E-state index is 0.174. The Morgan fingerprint density at radius 1 is 1.53 bits per heavy atom. The molecule has 2 saturated heterocycles. The molecule has 1 unspecified atom stereocenters. The third-order valence-electron chi connectivity index (χ3n) is 3.15. The van der Waals surface area contributed by atoms with Crippen molar-refractivity contribution in [1.29, 1.82) is 0 Å². The Kier molecular flexibility index (Phi) is 3.41. The van der Waals surface area contributed by atoms with E-state index in [1.807, 2.05) is 4.90 Å². The number of likely N-dealkylation sites (tertiary alicyclic amines) is 1. The first-order valence-corrected chi connectivity index (χ1v) is 5.82. The summed E-state index contributed by atoms with van der Waals surface area (Å²) >= 11 is 0. The lowest BCUT2D eigenvalue weighted by Crippen LogP contribution is -2.38. The van der Waals surface area contributed by atoms with Crippen molar-refractivity contribution in [2.45, 2.75) is 38.2 Å². The van der Waals surface area contributed by atoms with Gasteiger partial charge in [-0.15, -0.1) is 0 Å². The normalized spacial score (nSPS) is 27.1. The molecule has 0 aromatic heterocycles. The van der Waals surface area contributed by atoms with E-state index in [4.69, 9.17) is 4.74 Å². The number of ether oxygens (including phenoxy) is 1. The zero-order chi connectivity index (χ0) is 10.7. The Morgan fingerprint density at radius 2 is 2.40 bits per heavy atom. The summed E-state index contributed by atoms with van der Waals surface area (Å²) in [7, 11) is 0. The Morgan fingerprint density at radius 3 is 3.07 bits per heavy atom. The smallest absolute Gasteiger partial charge is 0.225 e. The standard InChI is InChI=1S/C12H19NO2/c1-10-4-2-6-13(9-10)12(14)8-11-5-3-7-15-11/h11H,1-9H2. The van der Waals surface area contributed by atoms with Crippen molar-refractivity contribution >= 4 is 5.91 Å². The van der Waals surface area contributed by atoms with Gasteiger partial charge in [0.1, 0.15) is 0 Å². The van der Waals surface area contributed by atoms with Crippen LogP contribution in [0.15, 0.2) is 12.2 Å². The topological polar surface area (TPSA) is 29.5 Å². The van der Waals surface area contributed by atoms with Crippen LogP contribution < -0.4 is 0 Å². The van der Waals surface area contributed by atoms with Crippen molar-refractivity contribution in [2.24, 2.45) is 0 Å². The largest absolute Gasteiger partial charge is 0.378 e. The molecule has 2 aliphatic rings. The summed E-state index contributed by atoms with van der Waals surface area (Å²) in [5.41, 5.74) is 1.18. The van der Waals surface area contributed by atoms with Gasteiger partial charge in [0.25, 0.3) is 0 Å². The minimum atomic E-state index is 0.174. The Bertz CT molecular complexity index is 256. The van der Waals surface area contributed by atoms with E-state index in [9.17, 15) is 4.79 Å². The van der Waals surface area contributed by atoms with Crippen LogP contribution in [-0.4, -0.2) is 36.6 Å². The predicted octanol–water partition coefficient (Wildman–Crippen LogP) is 1.73. The van der Waals surface area contributed by atoms with Crippen LogP contribution in [0.25, 0.3) is 0 Å². The number of rotatable bonds is 2. The summed E-state index contributed by atoms with van der Waals surface area (Å²) in [5, 5.41) is 0. The molecule has 0 aromatic carbocycles. The Balaban J connectivity index is 1.81. The Hall–Kier alpha value is -0.830. The van der Waals surface area contributed by atoms with Crippen LogP contribution in [0.4, 0.5) is 0 Å². The van der Waals surface area contributed by atoms with Crippen molar-refractivity contribution in [3.05, 3.63) is 12.2 Å². The fourth-order valence-corrected chi connectivity index (χ4v) is 2.29. The molecule has 0 aliphatic carbocycles. The number of amides is 1. The van der Waals surface area contributed by atoms with Gasteiger partial charge >= 0.3 is 0 Å². The van der Waals surface area contributed by atoms with E-state index in [0.717, 1.165) is 45.4 Å². The fourth-order valence-electron chi connectivity index (χ4n) is 2.29. The van der Waals surface area contributed by atoms with E-state index in [2.05, 4.69) is 6.58 Å². The first kappa shape index (κ1) is 10.7. The van der Waals surface area contributed by atoms with Gasteiger partial charge in [-0.2, -0.15) is 0 Å². The van der Waals surface area contributed by atoms with Gasteiger partial charge < -0.3 is 9.64 Å². The molecule has 0 spiro atoms. The number of nitrogens with zero attached hydrogens (tertiary/aromatic N) is 1. The molecule has 84 valence electrons. The van der Waals surface area contributed by atoms with Gasteiger partial charge in [-0.05, 0) is 25.7 Å². The Labute approximate surface area is 91.1 Å². The second-order valence-electron chi connectivity index (χ2n) is 4.51. The average Bonchev–Trinajstić information content (AvgIpc) is 2.70. The van der Waals surface area contributed by atoms with Crippen LogP contribution in [0.2, 0.25) is 0 Å². The summed E-state index contributed by atoms with van der Waals surface area (Å²) in [4.78, 5) is 13.8. The molecular formula is C12H19NO2. The second kappa shape index (κ2) is 4.79. The molecular weight excluding hydrogens is 190 g/mol. The molecule has 2 rings (SSSR count). The predicted molar refractivity (Wildman–Crippen MR) is 58.5 cm³/mol. The molecule has 1 atom stereocenters. The first-order chi connectivity index (χ1) is 7.25. The van der Waals surface area contributed by atoms with Crippen molar-refractivity contribution in [3.8, 4) is 0 Å². The molecule has 0 bridgehead atoms. The van der Waals surface area contributed by atoms with E-state index in [1.165, 1.54) is 5.57 Å². The van der Waals surface area contributed by atoms with E-state index in [-0.39, 0.29) is 12.0 Å². The summed E-state index contributed by atoms with van der Waals surface area (Å²) in [5.74, 6) is 0.239. The molecule has 2 aliphatic heterocycles. The maximum Gasteiger partial charge on any atom is 0.225 e. The summed E-state index contributed by atoms with van der Waals surface area (Å²) in [6, 6.07) is 0. The third-order valence-corrected chi connectivity index (χ3v) is 3.15. The van der Waals surface area contributed by atoms with Crippen LogP contribution in [0.5, 0.6) is 0 Å². The molecule has 0 N–H and O–H groups in total. The molecule has 1 amide bonds. The van der Waals surface area contributed by atoms with Gasteiger partial charge in [0.2, 0.25) is 5.91 Å². The maximum absolute atomic E-state index is 11.9. The quantitative estimate of drug-likeness (QED) is 0.648. The van der Waals surface area contributed by atoms with Crippen LogP contribution in [0.1, 0.15) is 32.1 Å². The van der Waals surface area contributed by atoms with E-state index in [1.54, 1.807) is 0 Å². The highest BCUT2D eigenvalue weighted by atomic mass is 16.5. The molecule has 15 heavy (non-hydrogen) atoms. The maximum atomic E-state index is 11.9. The molecule has 2 heterocycles.